The number of hydrogen-bond donors (Lipinski definition) is 1. The Morgan fingerprint density at radius 3 is 2.52 bits per heavy atom. The number of benzene rings is 1. The molecular formula is C17H22BrF2N. The number of hydrogen-bond acceptors (Lipinski definition) is 1. The predicted molar refractivity (Wildman–Crippen MR) is 84.0 cm³/mol. The van der Waals surface area contributed by atoms with Crippen molar-refractivity contribution >= 4 is 15.9 Å². The summed E-state index contributed by atoms with van der Waals surface area (Å²) in [6.45, 7) is 2.88. The largest absolute Gasteiger partial charge is 0.309 e. The molecule has 4 heteroatoms. The van der Waals surface area contributed by atoms with Gasteiger partial charge < -0.3 is 5.32 Å². The monoisotopic (exact) mass is 357 g/mol. The number of fused-ring (bicyclic) bond motifs is 1. The fourth-order valence-electron chi connectivity index (χ4n) is 4.10. The van der Waals surface area contributed by atoms with Crippen molar-refractivity contribution in [2.75, 3.05) is 6.54 Å². The molecule has 2 fully saturated rings. The summed E-state index contributed by atoms with van der Waals surface area (Å²) < 4.78 is 29.1. The van der Waals surface area contributed by atoms with E-state index in [1.807, 2.05) is 0 Å². The van der Waals surface area contributed by atoms with Gasteiger partial charge in [-0.2, -0.15) is 0 Å². The fraction of sp³-hybridized carbons (Fsp3) is 0.647. The molecule has 0 bridgehead atoms. The van der Waals surface area contributed by atoms with Crippen LogP contribution in [0.4, 0.5) is 8.78 Å². The average Bonchev–Trinajstić information content (AvgIpc) is 3.21. The topological polar surface area (TPSA) is 12.0 Å². The maximum Gasteiger partial charge on any atom is 0.145 e. The van der Waals surface area contributed by atoms with Crippen LogP contribution in [0.25, 0.3) is 0 Å². The van der Waals surface area contributed by atoms with Crippen LogP contribution in [0.5, 0.6) is 0 Å². The first-order valence-corrected chi connectivity index (χ1v) is 8.81. The minimum absolute atomic E-state index is 0.185. The van der Waals surface area contributed by atoms with Crippen LogP contribution in [-0.2, 0) is 0 Å². The van der Waals surface area contributed by atoms with Crippen molar-refractivity contribution in [2.24, 2.45) is 17.8 Å². The molecule has 3 unspecified atom stereocenters. The lowest BCUT2D eigenvalue weighted by atomic mass is 9.98. The van der Waals surface area contributed by atoms with Crippen LogP contribution < -0.4 is 5.32 Å². The second kappa shape index (κ2) is 6.33. The third kappa shape index (κ3) is 2.89. The zero-order chi connectivity index (χ0) is 15.0. The molecule has 0 spiro atoms. The Morgan fingerprint density at radius 1 is 1.24 bits per heavy atom. The van der Waals surface area contributed by atoms with E-state index in [0.717, 1.165) is 13.0 Å². The summed E-state index contributed by atoms with van der Waals surface area (Å²) in [5, 5.41) is 3.41. The fourth-order valence-corrected chi connectivity index (χ4v) is 4.45. The third-order valence-electron chi connectivity index (χ3n) is 5.11. The molecule has 1 nitrogen and oxygen atoms in total. The quantitative estimate of drug-likeness (QED) is 0.713. The van der Waals surface area contributed by atoms with Gasteiger partial charge in [-0.25, -0.2) is 8.78 Å². The van der Waals surface area contributed by atoms with Gasteiger partial charge in [-0.15, -0.1) is 0 Å². The molecule has 21 heavy (non-hydrogen) atoms. The van der Waals surface area contributed by atoms with E-state index in [2.05, 4.69) is 28.2 Å². The number of rotatable bonds is 5. The lowest BCUT2D eigenvalue weighted by Crippen LogP contribution is -2.27. The first kappa shape index (κ1) is 15.4. The summed E-state index contributed by atoms with van der Waals surface area (Å²) in [6.07, 6.45) is 5.94. The Hall–Kier alpha value is -0.480. The standard InChI is InChI=1S/C17H22BrF2N/c1-2-9-21-17(14-10-5-3-4-6-11(10)14)15-13(19)8-7-12(18)16(15)20/h7-8,10-11,14,17,21H,2-6,9H2,1H3. The Morgan fingerprint density at radius 2 is 1.90 bits per heavy atom. The maximum atomic E-state index is 14.5. The molecule has 116 valence electrons. The van der Waals surface area contributed by atoms with E-state index in [1.54, 1.807) is 0 Å². The molecule has 1 aromatic carbocycles. The smallest absolute Gasteiger partial charge is 0.145 e. The summed E-state index contributed by atoms with van der Waals surface area (Å²) in [4.78, 5) is 0. The van der Waals surface area contributed by atoms with Crippen molar-refractivity contribution in [2.45, 2.75) is 45.1 Å². The average molecular weight is 358 g/mol. The van der Waals surface area contributed by atoms with Crippen molar-refractivity contribution in [1.29, 1.82) is 0 Å². The van der Waals surface area contributed by atoms with Crippen molar-refractivity contribution in [3.63, 3.8) is 0 Å². The van der Waals surface area contributed by atoms with Gasteiger partial charge in [0.1, 0.15) is 11.6 Å². The SMILES string of the molecule is CCCNC(c1c(F)ccc(Br)c1F)C1C2CCCCC21. The first-order chi connectivity index (χ1) is 10.1. The maximum absolute atomic E-state index is 14.5. The summed E-state index contributed by atoms with van der Waals surface area (Å²) >= 11 is 3.19. The molecule has 0 radical (unpaired) electrons. The molecule has 0 amide bonds. The second-order valence-corrected chi connectivity index (χ2v) is 7.23. The highest BCUT2D eigenvalue weighted by Crippen LogP contribution is 2.60. The van der Waals surface area contributed by atoms with Gasteiger partial charge in [-0.1, -0.05) is 19.8 Å². The van der Waals surface area contributed by atoms with Crippen LogP contribution in [0.15, 0.2) is 16.6 Å². The van der Waals surface area contributed by atoms with Gasteiger partial charge in [0, 0.05) is 11.6 Å². The van der Waals surface area contributed by atoms with Crippen molar-refractivity contribution in [3.8, 4) is 0 Å². The zero-order valence-corrected chi connectivity index (χ0v) is 13.9. The van der Waals surface area contributed by atoms with Crippen LogP contribution in [0.3, 0.4) is 0 Å². The summed E-state index contributed by atoms with van der Waals surface area (Å²) in [7, 11) is 0. The van der Waals surface area contributed by atoms with Gasteiger partial charge in [-0.05, 0) is 71.6 Å². The summed E-state index contributed by atoms with van der Waals surface area (Å²) in [5.41, 5.74) is 0.234. The van der Waals surface area contributed by atoms with Crippen LogP contribution >= 0.6 is 15.9 Å². The van der Waals surface area contributed by atoms with Gasteiger partial charge in [-0.3, -0.25) is 0 Å². The molecule has 0 aromatic heterocycles. The molecule has 3 rings (SSSR count). The van der Waals surface area contributed by atoms with E-state index >= 15 is 0 Å². The van der Waals surface area contributed by atoms with Crippen molar-refractivity contribution in [3.05, 3.63) is 33.8 Å². The summed E-state index contributed by atoms with van der Waals surface area (Å²) in [6, 6.07) is 2.63. The Bertz CT molecular complexity index is 508. The normalized spacial score (nSPS) is 29.0. The minimum Gasteiger partial charge on any atom is -0.309 e. The molecule has 2 aliphatic rings. The first-order valence-electron chi connectivity index (χ1n) is 8.02. The van der Waals surface area contributed by atoms with E-state index in [9.17, 15) is 8.78 Å². The molecule has 1 N–H and O–H groups in total. The summed E-state index contributed by atoms with van der Waals surface area (Å²) in [5.74, 6) is 0.856. The molecule has 2 aliphatic carbocycles. The third-order valence-corrected chi connectivity index (χ3v) is 5.72. The van der Waals surface area contributed by atoms with Gasteiger partial charge >= 0.3 is 0 Å². The van der Waals surface area contributed by atoms with Crippen molar-refractivity contribution < 1.29 is 8.78 Å². The number of nitrogens with one attached hydrogen (secondary N) is 1. The minimum atomic E-state index is -0.438. The zero-order valence-electron chi connectivity index (χ0n) is 12.3. The van der Waals surface area contributed by atoms with Crippen LogP contribution in [0.2, 0.25) is 0 Å². The second-order valence-electron chi connectivity index (χ2n) is 6.38. The lowest BCUT2D eigenvalue weighted by Gasteiger charge is -2.21. The Balaban J connectivity index is 1.91. The molecule has 0 saturated heterocycles. The van der Waals surface area contributed by atoms with E-state index in [0.29, 0.717) is 22.2 Å². The van der Waals surface area contributed by atoms with E-state index in [1.165, 1.54) is 37.8 Å². The highest BCUT2D eigenvalue weighted by molar-refractivity contribution is 9.10. The van der Waals surface area contributed by atoms with Gasteiger partial charge in [0.15, 0.2) is 0 Å². The van der Waals surface area contributed by atoms with Gasteiger partial charge in [0.25, 0.3) is 0 Å². The molecule has 1 aromatic rings. The van der Waals surface area contributed by atoms with E-state index < -0.39 is 11.6 Å². The Labute approximate surface area is 133 Å². The van der Waals surface area contributed by atoms with Gasteiger partial charge in [0.05, 0.1) is 4.47 Å². The molecule has 3 atom stereocenters. The molecule has 0 aliphatic heterocycles. The van der Waals surface area contributed by atoms with E-state index in [-0.39, 0.29) is 11.6 Å². The molecular weight excluding hydrogens is 336 g/mol. The predicted octanol–water partition coefficient (Wildman–Crippen LogP) is 5.20. The Kier molecular flexibility index (Phi) is 4.65. The van der Waals surface area contributed by atoms with Gasteiger partial charge in [0.2, 0.25) is 0 Å². The van der Waals surface area contributed by atoms with Crippen LogP contribution in [-0.4, -0.2) is 6.54 Å². The highest BCUT2D eigenvalue weighted by atomic mass is 79.9. The van der Waals surface area contributed by atoms with Crippen molar-refractivity contribution in [1.82, 2.24) is 5.32 Å². The molecule has 2 saturated carbocycles. The van der Waals surface area contributed by atoms with Crippen LogP contribution in [0, 0.1) is 29.4 Å². The molecule has 0 heterocycles. The van der Waals surface area contributed by atoms with E-state index in [4.69, 9.17) is 0 Å². The van der Waals surface area contributed by atoms with Crippen LogP contribution in [0.1, 0.15) is 50.6 Å². The number of halogens is 3. The highest BCUT2D eigenvalue weighted by Gasteiger charge is 2.55. The lowest BCUT2D eigenvalue weighted by molar-refractivity contribution is 0.406.